The topological polar surface area (TPSA) is 109 Å². The Hall–Kier alpha value is -4.12. The fourth-order valence-electron chi connectivity index (χ4n) is 3.48. The minimum Gasteiger partial charge on any atom is -0.493 e. The monoisotopic (exact) mass is 459 g/mol. The summed E-state index contributed by atoms with van der Waals surface area (Å²) in [7, 11) is 3.14. The maximum atomic E-state index is 12.5. The molecular formula is C26H29N5O3. The molecule has 0 aliphatic rings. The van der Waals surface area contributed by atoms with Crippen LogP contribution in [0.1, 0.15) is 25.0 Å². The van der Waals surface area contributed by atoms with Crippen LogP contribution in [0.25, 0.3) is 10.9 Å². The van der Waals surface area contributed by atoms with Crippen molar-refractivity contribution in [1.29, 1.82) is 5.26 Å². The molecule has 0 unspecified atom stereocenters. The Morgan fingerprint density at radius 2 is 1.91 bits per heavy atom. The first-order valence-corrected chi connectivity index (χ1v) is 10.9. The van der Waals surface area contributed by atoms with Crippen molar-refractivity contribution in [1.82, 2.24) is 15.6 Å². The Morgan fingerprint density at radius 3 is 2.65 bits per heavy atom. The first-order valence-electron chi connectivity index (χ1n) is 10.9. The van der Waals surface area contributed by atoms with Gasteiger partial charge in [0.05, 0.1) is 26.2 Å². The van der Waals surface area contributed by atoms with Gasteiger partial charge in [-0.2, -0.15) is 5.26 Å². The second-order valence-corrected chi connectivity index (χ2v) is 8.58. The molecule has 0 spiro atoms. The molecule has 8 heteroatoms. The van der Waals surface area contributed by atoms with E-state index in [0.29, 0.717) is 30.4 Å². The normalized spacial score (nSPS) is 11.6. The van der Waals surface area contributed by atoms with Crippen LogP contribution < -0.4 is 20.1 Å². The zero-order chi connectivity index (χ0) is 24.6. The average molecular weight is 460 g/mol. The van der Waals surface area contributed by atoms with Crippen molar-refractivity contribution in [2.75, 3.05) is 27.3 Å². The number of amides is 1. The van der Waals surface area contributed by atoms with Crippen LogP contribution in [0.5, 0.6) is 11.5 Å². The van der Waals surface area contributed by atoms with Crippen molar-refractivity contribution < 1.29 is 14.3 Å². The predicted octanol–water partition coefficient (Wildman–Crippen LogP) is 3.45. The molecule has 0 fully saturated rings. The number of aromatic nitrogens is 1. The third-order valence-electron chi connectivity index (χ3n) is 5.32. The van der Waals surface area contributed by atoms with Crippen molar-refractivity contribution in [2.24, 2.45) is 10.4 Å². The molecule has 0 atom stereocenters. The van der Waals surface area contributed by atoms with E-state index in [-0.39, 0.29) is 17.7 Å². The number of benzene rings is 2. The minimum atomic E-state index is -0.335. The molecule has 2 aromatic carbocycles. The zero-order valence-corrected chi connectivity index (χ0v) is 19.9. The summed E-state index contributed by atoms with van der Waals surface area (Å²) >= 11 is 0. The molecular weight excluding hydrogens is 430 g/mol. The Bertz CT molecular complexity index is 1230. The van der Waals surface area contributed by atoms with Crippen molar-refractivity contribution in [3.8, 4) is 17.7 Å². The first-order chi connectivity index (χ1) is 16.4. The van der Waals surface area contributed by atoms with Gasteiger partial charge in [0.25, 0.3) is 0 Å². The fraction of sp³-hybridized carbons (Fsp3) is 0.308. The van der Waals surface area contributed by atoms with Crippen LogP contribution in [0, 0.1) is 16.9 Å². The van der Waals surface area contributed by atoms with Gasteiger partial charge < -0.3 is 14.8 Å². The Morgan fingerprint density at radius 1 is 1.12 bits per heavy atom. The second-order valence-electron chi connectivity index (χ2n) is 8.58. The smallest absolute Gasteiger partial charge is 0.224 e. The fourth-order valence-corrected chi connectivity index (χ4v) is 3.48. The largest absolute Gasteiger partial charge is 0.493 e. The lowest BCUT2D eigenvalue weighted by atomic mass is 9.93. The third-order valence-corrected chi connectivity index (χ3v) is 5.32. The number of ether oxygens (including phenoxy) is 2. The first kappa shape index (κ1) is 24.5. The molecule has 8 nitrogen and oxygen atoms in total. The van der Waals surface area contributed by atoms with Gasteiger partial charge in [-0.1, -0.05) is 38.1 Å². The molecule has 176 valence electrons. The number of rotatable bonds is 9. The Balaban J connectivity index is 1.66. The number of nitrogens with one attached hydrogen (secondary N) is 2. The summed E-state index contributed by atoms with van der Waals surface area (Å²) in [5.74, 6) is 1.59. The van der Waals surface area contributed by atoms with Gasteiger partial charge in [0.15, 0.2) is 17.7 Å². The van der Waals surface area contributed by atoms with Gasteiger partial charge in [0.1, 0.15) is 5.84 Å². The SMILES string of the molecule is COc1ccc(CC(=O)NCC(C)(C)CN=C(NC#N)c2cccc3ncccc23)cc1OC. The highest BCUT2D eigenvalue weighted by atomic mass is 16.5. The summed E-state index contributed by atoms with van der Waals surface area (Å²) in [6, 6.07) is 14.9. The highest BCUT2D eigenvalue weighted by Crippen LogP contribution is 2.27. The number of pyridine rings is 1. The number of methoxy groups -OCH3 is 2. The molecule has 3 aromatic rings. The highest BCUT2D eigenvalue weighted by molar-refractivity contribution is 6.09. The van der Waals surface area contributed by atoms with E-state index < -0.39 is 0 Å². The molecule has 0 saturated carbocycles. The van der Waals surface area contributed by atoms with E-state index >= 15 is 0 Å². The summed E-state index contributed by atoms with van der Waals surface area (Å²) in [6.45, 7) is 4.87. The summed E-state index contributed by atoms with van der Waals surface area (Å²) < 4.78 is 10.5. The molecule has 1 heterocycles. The number of aliphatic imine (C=N–C) groups is 1. The number of carbonyl (C=O) groups is 1. The van der Waals surface area contributed by atoms with Crippen LogP contribution in [0.15, 0.2) is 59.7 Å². The van der Waals surface area contributed by atoms with Crippen LogP contribution in [-0.2, 0) is 11.2 Å². The standard InChI is InChI=1S/C26H29N5O3/c1-26(2,15-29-24(32)14-18-10-11-22(33-3)23(13-18)34-4)16-30-25(31-17-27)20-7-5-9-21-19(20)8-6-12-28-21/h5-13H,14-16H2,1-4H3,(H,29,32)(H,30,31). The minimum absolute atomic E-state index is 0.0974. The van der Waals surface area contributed by atoms with E-state index in [1.807, 2.05) is 56.4 Å². The van der Waals surface area contributed by atoms with Gasteiger partial charge in [0.2, 0.25) is 5.91 Å². The van der Waals surface area contributed by atoms with Crippen molar-refractivity contribution in [3.63, 3.8) is 0 Å². The van der Waals surface area contributed by atoms with E-state index in [9.17, 15) is 10.1 Å². The predicted molar refractivity (Wildman–Crippen MR) is 132 cm³/mol. The van der Waals surface area contributed by atoms with Crippen molar-refractivity contribution in [3.05, 3.63) is 65.9 Å². The quantitative estimate of drug-likeness (QED) is 0.220. The zero-order valence-electron chi connectivity index (χ0n) is 19.9. The van der Waals surface area contributed by atoms with Crippen LogP contribution >= 0.6 is 0 Å². The molecule has 0 radical (unpaired) electrons. The number of hydrogen-bond donors (Lipinski definition) is 2. The Labute approximate surface area is 199 Å². The number of nitriles is 1. The highest BCUT2D eigenvalue weighted by Gasteiger charge is 2.20. The molecule has 0 bridgehead atoms. The lowest BCUT2D eigenvalue weighted by molar-refractivity contribution is -0.120. The van der Waals surface area contributed by atoms with Gasteiger partial charge in [-0.05, 0) is 29.8 Å². The van der Waals surface area contributed by atoms with E-state index in [0.717, 1.165) is 22.0 Å². The summed E-state index contributed by atoms with van der Waals surface area (Å²) in [4.78, 5) is 21.6. The summed E-state index contributed by atoms with van der Waals surface area (Å²) in [6.07, 6.45) is 3.93. The summed E-state index contributed by atoms with van der Waals surface area (Å²) in [5.41, 5.74) is 2.13. The second kappa shape index (κ2) is 11.1. The molecule has 0 saturated heterocycles. The van der Waals surface area contributed by atoms with E-state index in [1.165, 1.54) is 0 Å². The number of nitrogens with zero attached hydrogens (tertiary/aromatic N) is 3. The average Bonchev–Trinajstić information content (AvgIpc) is 2.85. The van der Waals surface area contributed by atoms with Gasteiger partial charge in [0, 0.05) is 35.7 Å². The van der Waals surface area contributed by atoms with Crippen LogP contribution in [-0.4, -0.2) is 44.0 Å². The lowest BCUT2D eigenvalue weighted by Gasteiger charge is -2.23. The lowest BCUT2D eigenvalue weighted by Crippen LogP contribution is -2.37. The van der Waals surface area contributed by atoms with E-state index in [4.69, 9.17) is 9.47 Å². The van der Waals surface area contributed by atoms with E-state index in [1.54, 1.807) is 32.5 Å². The van der Waals surface area contributed by atoms with Gasteiger partial charge in [-0.25, -0.2) is 0 Å². The molecule has 1 amide bonds. The van der Waals surface area contributed by atoms with Gasteiger partial charge in [-0.3, -0.25) is 20.1 Å². The van der Waals surface area contributed by atoms with Crippen LogP contribution in [0.3, 0.4) is 0 Å². The molecule has 34 heavy (non-hydrogen) atoms. The van der Waals surface area contributed by atoms with Crippen LogP contribution in [0.2, 0.25) is 0 Å². The van der Waals surface area contributed by atoms with Gasteiger partial charge >= 0.3 is 0 Å². The number of fused-ring (bicyclic) bond motifs is 1. The molecule has 1 aromatic heterocycles. The maximum Gasteiger partial charge on any atom is 0.224 e. The molecule has 3 rings (SSSR count). The van der Waals surface area contributed by atoms with Crippen molar-refractivity contribution in [2.45, 2.75) is 20.3 Å². The van der Waals surface area contributed by atoms with Crippen LogP contribution in [0.4, 0.5) is 0 Å². The number of carbonyl (C=O) groups excluding carboxylic acids is 1. The number of amidine groups is 1. The molecule has 0 aliphatic carbocycles. The Kier molecular flexibility index (Phi) is 8.04. The van der Waals surface area contributed by atoms with Crippen molar-refractivity contribution >= 4 is 22.6 Å². The van der Waals surface area contributed by atoms with Gasteiger partial charge in [-0.15, -0.1) is 0 Å². The molecule has 0 aliphatic heterocycles. The maximum absolute atomic E-state index is 12.5. The van der Waals surface area contributed by atoms with E-state index in [2.05, 4.69) is 20.6 Å². The summed E-state index contributed by atoms with van der Waals surface area (Å²) in [5, 5.41) is 15.9. The molecule has 2 N–H and O–H groups in total. The third kappa shape index (κ3) is 6.23. The number of hydrogen-bond acceptors (Lipinski definition) is 6.